The van der Waals surface area contributed by atoms with E-state index >= 15 is 0 Å². The lowest BCUT2D eigenvalue weighted by Crippen LogP contribution is -2.27. The molecule has 0 spiro atoms. The molecule has 15 heavy (non-hydrogen) atoms. The van der Waals surface area contributed by atoms with Gasteiger partial charge in [-0.25, -0.2) is 4.79 Å². The Morgan fingerprint density at radius 1 is 1.40 bits per heavy atom. The van der Waals surface area contributed by atoms with Gasteiger partial charge in [-0.15, -0.1) is 0 Å². The number of aromatic nitrogens is 2. The smallest absolute Gasteiger partial charge is 0.298 e. The highest BCUT2D eigenvalue weighted by molar-refractivity contribution is 5.78. The molecular formula is C11H18N2O2. The van der Waals surface area contributed by atoms with Crippen LogP contribution in [0.25, 0.3) is 0 Å². The van der Waals surface area contributed by atoms with Gasteiger partial charge in [-0.3, -0.25) is 13.9 Å². The lowest BCUT2D eigenvalue weighted by Gasteiger charge is -2.04. The minimum atomic E-state index is -0.102. The number of carbonyl (C=O) groups excluding carboxylic acids is 1. The van der Waals surface area contributed by atoms with E-state index in [1.165, 1.54) is 4.57 Å². The predicted molar refractivity (Wildman–Crippen MR) is 59.0 cm³/mol. The van der Waals surface area contributed by atoms with Crippen molar-refractivity contribution < 1.29 is 4.79 Å². The zero-order valence-corrected chi connectivity index (χ0v) is 9.56. The maximum Gasteiger partial charge on any atom is 0.328 e. The van der Waals surface area contributed by atoms with Gasteiger partial charge < -0.3 is 0 Å². The molecule has 0 aliphatic rings. The fraction of sp³-hybridized carbons (Fsp3) is 0.636. The van der Waals surface area contributed by atoms with Crippen LogP contribution >= 0.6 is 0 Å². The molecule has 84 valence electrons. The maximum atomic E-state index is 11.7. The third-order valence-electron chi connectivity index (χ3n) is 2.31. The van der Waals surface area contributed by atoms with E-state index in [4.69, 9.17) is 0 Å². The van der Waals surface area contributed by atoms with Crippen molar-refractivity contribution in [2.24, 2.45) is 0 Å². The zero-order valence-electron chi connectivity index (χ0n) is 9.56. The fourth-order valence-corrected chi connectivity index (χ4v) is 1.49. The summed E-state index contributed by atoms with van der Waals surface area (Å²) in [6, 6.07) is 0.139. The van der Waals surface area contributed by atoms with E-state index in [0.717, 1.165) is 6.42 Å². The first-order chi connectivity index (χ1) is 7.06. The van der Waals surface area contributed by atoms with Gasteiger partial charge in [0.15, 0.2) is 5.78 Å². The van der Waals surface area contributed by atoms with E-state index < -0.39 is 0 Å². The maximum absolute atomic E-state index is 11.7. The number of nitrogens with zero attached hydrogens (tertiary/aromatic N) is 2. The Balaban J connectivity index is 2.79. The topological polar surface area (TPSA) is 44.0 Å². The lowest BCUT2D eigenvalue weighted by molar-refractivity contribution is -0.119. The molecule has 0 N–H and O–H groups in total. The van der Waals surface area contributed by atoms with Crippen molar-refractivity contribution in [3.8, 4) is 0 Å². The van der Waals surface area contributed by atoms with Gasteiger partial charge in [0.05, 0.1) is 6.54 Å². The van der Waals surface area contributed by atoms with Crippen LogP contribution in [0.15, 0.2) is 17.2 Å². The van der Waals surface area contributed by atoms with Crippen LogP contribution in [-0.4, -0.2) is 14.9 Å². The highest BCUT2D eigenvalue weighted by Crippen LogP contribution is 2.00. The highest BCUT2D eigenvalue weighted by Gasteiger charge is 2.08. The SMILES string of the molecule is CCCC(=O)Cn1ccn(C(C)C)c1=O. The van der Waals surface area contributed by atoms with Gasteiger partial charge in [-0.05, 0) is 20.3 Å². The average Bonchev–Trinajstić information content (AvgIpc) is 2.48. The van der Waals surface area contributed by atoms with E-state index in [1.54, 1.807) is 17.0 Å². The molecule has 0 radical (unpaired) electrons. The molecule has 0 fully saturated rings. The summed E-state index contributed by atoms with van der Waals surface area (Å²) in [4.78, 5) is 23.1. The quantitative estimate of drug-likeness (QED) is 0.741. The van der Waals surface area contributed by atoms with Crippen molar-refractivity contribution in [3.63, 3.8) is 0 Å². The Labute approximate surface area is 89.5 Å². The number of hydrogen-bond donors (Lipinski definition) is 0. The molecule has 0 aliphatic carbocycles. The first-order valence-corrected chi connectivity index (χ1v) is 5.35. The zero-order chi connectivity index (χ0) is 11.4. The van der Waals surface area contributed by atoms with Crippen molar-refractivity contribution in [2.45, 2.75) is 46.2 Å². The number of imidazole rings is 1. The Morgan fingerprint density at radius 2 is 2.07 bits per heavy atom. The molecular weight excluding hydrogens is 192 g/mol. The Hall–Kier alpha value is -1.32. The van der Waals surface area contributed by atoms with Gasteiger partial charge in [0.1, 0.15) is 0 Å². The molecule has 4 nitrogen and oxygen atoms in total. The van der Waals surface area contributed by atoms with Gasteiger partial charge in [0.2, 0.25) is 0 Å². The second-order valence-electron chi connectivity index (χ2n) is 4.00. The Morgan fingerprint density at radius 3 is 2.53 bits per heavy atom. The number of ketones is 1. The van der Waals surface area contributed by atoms with Crippen molar-refractivity contribution in [1.82, 2.24) is 9.13 Å². The molecule has 1 aromatic heterocycles. The van der Waals surface area contributed by atoms with E-state index in [1.807, 2.05) is 20.8 Å². The number of rotatable bonds is 5. The summed E-state index contributed by atoms with van der Waals surface area (Å²) in [5.74, 6) is 0.112. The van der Waals surface area contributed by atoms with E-state index in [0.29, 0.717) is 6.42 Å². The van der Waals surface area contributed by atoms with Crippen LogP contribution in [0.5, 0.6) is 0 Å². The molecule has 1 heterocycles. The monoisotopic (exact) mass is 210 g/mol. The molecule has 0 amide bonds. The van der Waals surface area contributed by atoms with Crippen LogP contribution < -0.4 is 5.69 Å². The number of Topliss-reactive ketones (excluding diaryl/α,β-unsaturated/α-hetero) is 1. The van der Waals surface area contributed by atoms with Crippen LogP contribution in [-0.2, 0) is 11.3 Å². The minimum Gasteiger partial charge on any atom is -0.298 e. The van der Waals surface area contributed by atoms with E-state index in [9.17, 15) is 9.59 Å². The van der Waals surface area contributed by atoms with Crippen LogP contribution in [0, 0.1) is 0 Å². The Kier molecular flexibility index (Phi) is 3.88. The second-order valence-corrected chi connectivity index (χ2v) is 4.00. The van der Waals surface area contributed by atoms with Gasteiger partial charge in [-0.2, -0.15) is 0 Å². The standard InChI is InChI=1S/C11H18N2O2/c1-4-5-10(14)8-12-6-7-13(9(2)3)11(12)15/h6-7,9H,4-5,8H2,1-3H3. The average molecular weight is 210 g/mol. The third kappa shape index (κ3) is 2.81. The predicted octanol–water partition coefficient (Wildman–Crippen LogP) is 1.60. The Bertz CT molecular complexity index is 388. The van der Waals surface area contributed by atoms with Crippen molar-refractivity contribution in [2.75, 3.05) is 0 Å². The van der Waals surface area contributed by atoms with E-state index in [2.05, 4.69) is 0 Å². The molecule has 0 aliphatic heterocycles. The third-order valence-corrected chi connectivity index (χ3v) is 2.31. The summed E-state index contributed by atoms with van der Waals surface area (Å²) in [6.45, 7) is 6.05. The molecule has 0 atom stereocenters. The number of carbonyl (C=O) groups is 1. The first-order valence-electron chi connectivity index (χ1n) is 5.35. The van der Waals surface area contributed by atoms with Gasteiger partial charge >= 0.3 is 5.69 Å². The van der Waals surface area contributed by atoms with Gasteiger partial charge in [-0.1, -0.05) is 6.92 Å². The molecule has 1 aromatic rings. The summed E-state index contributed by atoms with van der Waals surface area (Å²) in [5, 5.41) is 0. The molecule has 1 rings (SSSR count). The fourth-order valence-electron chi connectivity index (χ4n) is 1.49. The summed E-state index contributed by atoms with van der Waals surface area (Å²) in [7, 11) is 0. The van der Waals surface area contributed by atoms with Gasteiger partial charge in [0.25, 0.3) is 0 Å². The molecule has 0 unspecified atom stereocenters. The number of hydrogen-bond acceptors (Lipinski definition) is 2. The van der Waals surface area contributed by atoms with Crippen LogP contribution in [0.4, 0.5) is 0 Å². The lowest BCUT2D eigenvalue weighted by atomic mass is 10.2. The second kappa shape index (κ2) is 4.96. The summed E-state index contributed by atoms with van der Waals surface area (Å²) < 4.78 is 3.09. The normalized spacial score (nSPS) is 10.9. The summed E-state index contributed by atoms with van der Waals surface area (Å²) in [6.07, 6.45) is 4.78. The van der Waals surface area contributed by atoms with E-state index in [-0.39, 0.29) is 24.1 Å². The molecule has 0 saturated carbocycles. The van der Waals surface area contributed by atoms with Gasteiger partial charge in [0, 0.05) is 24.9 Å². The van der Waals surface area contributed by atoms with Crippen molar-refractivity contribution in [3.05, 3.63) is 22.9 Å². The molecule has 4 heteroatoms. The van der Waals surface area contributed by atoms with Crippen molar-refractivity contribution in [1.29, 1.82) is 0 Å². The molecule has 0 bridgehead atoms. The summed E-state index contributed by atoms with van der Waals surface area (Å²) in [5.41, 5.74) is -0.102. The van der Waals surface area contributed by atoms with Crippen molar-refractivity contribution >= 4 is 5.78 Å². The minimum absolute atomic E-state index is 0.102. The highest BCUT2D eigenvalue weighted by atomic mass is 16.2. The van der Waals surface area contributed by atoms with Crippen LogP contribution in [0.1, 0.15) is 39.7 Å². The van der Waals surface area contributed by atoms with Crippen LogP contribution in [0.2, 0.25) is 0 Å². The first kappa shape index (κ1) is 11.8. The largest absolute Gasteiger partial charge is 0.328 e. The summed E-state index contributed by atoms with van der Waals surface area (Å²) >= 11 is 0. The molecule has 0 saturated heterocycles. The van der Waals surface area contributed by atoms with Crippen LogP contribution in [0.3, 0.4) is 0 Å². The molecule has 0 aromatic carbocycles.